The van der Waals surface area contributed by atoms with E-state index in [0.717, 1.165) is 5.69 Å². The van der Waals surface area contributed by atoms with Crippen LogP contribution in [0.25, 0.3) is 0 Å². The molecule has 0 saturated heterocycles. The summed E-state index contributed by atoms with van der Waals surface area (Å²) in [6, 6.07) is 0. The van der Waals surface area contributed by atoms with Crippen molar-refractivity contribution in [2.45, 2.75) is 6.42 Å². The Labute approximate surface area is 62.7 Å². The van der Waals surface area contributed by atoms with Crippen molar-refractivity contribution in [2.75, 3.05) is 12.0 Å². The molecular weight excluding hydrogens is 150 g/mol. The first-order chi connectivity index (χ1) is 4.86. The molecule has 10 heavy (non-hydrogen) atoms. The molecule has 4 nitrogen and oxygen atoms in total. The fourth-order valence-electron chi connectivity index (χ4n) is 0.603. The maximum absolute atomic E-state index is 8.51. The lowest BCUT2D eigenvalue weighted by molar-refractivity contribution is 0.298. The number of thiazole rings is 1. The molecule has 4 N–H and O–H groups in total. The van der Waals surface area contributed by atoms with Crippen molar-refractivity contribution >= 4 is 16.5 Å². The third-order valence-electron chi connectivity index (χ3n) is 1.04. The lowest BCUT2D eigenvalue weighted by Gasteiger charge is -1.89. The zero-order chi connectivity index (χ0) is 7.40. The number of nitrogens with zero attached hydrogens (tertiary/aromatic N) is 1. The average Bonchev–Trinajstić information content (AvgIpc) is 2.37. The van der Waals surface area contributed by atoms with Crippen LogP contribution >= 0.6 is 11.3 Å². The number of hydrogen-bond donors (Lipinski definition) is 3. The summed E-state index contributed by atoms with van der Waals surface area (Å²) in [6.45, 7) is 0.133. The molecule has 1 aromatic heterocycles. The molecule has 0 bridgehead atoms. The minimum Gasteiger partial charge on any atom is -0.396 e. The number of nitrogens with two attached hydrogens (primary N) is 1. The van der Waals surface area contributed by atoms with Gasteiger partial charge in [0, 0.05) is 18.4 Å². The molecule has 0 aliphatic carbocycles. The normalized spacial score (nSPS) is 9.80. The molecule has 5 heteroatoms. The van der Waals surface area contributed by atoms with Crippen LogP contribution in [0.2, 0.25) is 0 Å². The van der Waals surface area contributed by atoms with E-state index < -0.39 is 0 Å². The zero-order valence-electron chi connectivity index (χ0n) is 5.37. The summed E-state index contributed by atoms with van der Waals surface area (Å²) in [5, 5.41) is 11.1. The van der Waals surface area contributed by atoms with Crippen LogP contribution in [0.5, 0.6) is 0 Å². The van der Waals surface area contributed by atoms with E-state index in [0.29, 0.717) is 11.6 Å². The summed E-state index contributed by atoms with van der Waals surface area (Å²) in [5.41, 5.74) is 3.31. The quantitative estimate of drug-likeness (QED) is 0.427. The number of nitrogens with one attached hydrogen (secondary N) is 1. The summed E-state index contributed by atoms with van der Waals surface area (Å²) in [5.74, 6) is 5.09. The second-order valence-corrected chi connectivity index (χ2v) is 2.62. The SMILES string of the molecule is NNc1nc(CCO)cs1. The van der Waals surface area contributed by atoms with Crippen LogP contribution in [0.3, 0.4) is 0 Å². The maximum Gasteiger partial charge on any atom is 0.197 e. The zero-order valence-corrected chi connectivity index (χ0v) is 6.19. The van der Waals surface area contributed by atoms with Crippen molar-refractivity contribution in [3.63, 3.8) is 0 Å². The first-order valence-electron chi connectivity index (χ1n) is 2.88. The Morgan fingerprint density at radius 1 is 1.80 bits per heavy atom. The molecule has 0 fully saturated rings. The summed E-state index contributed by atoms with van der Waals surface area (Å²) in [6.07, 6.45) is 0.595. The van der Waals surface area contributed by atoms with Gasteiger partial charge in [0.15, 0.2) is 5.13 Å². The first kappa shape index (κ1) is 7.46. The van der Waals surface area contributed by atoms with Gasteiger partial charge in [-0.15, -0.1) is 11.3 Å². The molecular formula is C5H9N3OS. The van der Waals surface area contributed by atoms with Gasteiger partial charge in [0.25, 0.3) is 0 Å². The molecule has 1 heterocycles. The summed E-state index contributed by atoms with van der Waals surface area (Å²) in [7, 11) is 0. The van der Waals surface area contributed by atoms with E-state index in [9.17, 15) is 0 Å². The van der Waals surface area contributed by atoms with E-state index in [4.69, 9.17) is 10.9 Å². The highest BCUT2D eigenvalue weighted by molar-refractivity contribution is 7.13. The van der Waals surface area contributed by atoms with Gasteiger partial charge in [0.1, 0.15) is 0 Å². The van der Waals surface area contributed by atoms with Gasteiger partial charge in [-0.25, -0.2) is 10.8 Å². The Kier molecular flexibility index (Phi) is 2.61. The summed E-state index contributed by atoms with van der Waals surface area (Å²) in [4.78, 5) is 4.04. The van der Waals surface area contributed by atoms with Gasteiger partial charge in [-0.3, -0.25) is 5.43 Å². The van der Waals surface area contributed by atoms with Gasteiger partial charge in [0.05, 0.1) is 5.69 Å². The molecule has 56 valence electrons. The van der Waals surface area contributed by atoms with Crippen molar-refractivity contribution in [1.29, 1.82) is 0 Å². The summed E-state index contributed by atoms with van der Waals surface area (Å²) >= 11 is 1.43. The van der Waals surface area contributed by atoms with Crippen molar-refractivity contribution in [2.24, 2.45) is 5.84 Å². The molecule has 0 amide bonds. The Morgan fingerprint density at radius 3 is 3.10 bits per heavy atom. The molecule has 0 unspecified atom stereocenters. The molecule has 1 aromatic rings. The maximum atomic E-state index is 8.51. The van der Waals surface area contributed by atoms with Crippen LogP contribution < -0.4 is 11.3 Å². The second-order valence-electron chi connectivity index (χ2n) is 1.76. The molecule has 1 rings (SSSR count). The number of nitrogen functional groups attached to an aromatic ring is 1. The number of anilines is 1. The molecule has 0 spiro atoms. The highest BCUT2D eigenvalue weighted by Gasteiger charge is 1.97. The van der Waals surface area contributed by atoms with Gasteiger partial charge in [0.2, 0.25) is 0 Å². The first-order valence-corrected chi connectivity index (χ1v) is 3.76. The third-order valence-corrected chi connectivity index (χ3v) is 1.87. The monoisotopic (exact) mass is 159 g/mol. The van der Waals surface area contributed by atoms with Crippen molar-refractivity contribution in [1.82, 2.24) is 4.98 Å². The van der Waals surface area contributed by atoms with E-state index in [1.165, 1.54) is 11.3 Å². The van der Waals surface area contributed by atoms with E-state index >= 15 is 0 Å². The number of aliphatic hydroxyl groups is 1. The fourth-order valence-corrected chi connectivity index (χ4v) is 1.26. The standard InChI is InChI=1S/C5H9N3OS/c6-8-5-7-4(1-2-9)3-10-5/h3,9H,1-2,6H2,(H,7,8). The Balaban J connectivity index is 2.59. The van der Waals surface area contributed by atoms with Gasteiger partial charge < -0.3 is 5.11 Å². The van der Waals surface area contributed by atoms with Crippen molar-refractivity contribution in [3.8, 4) is 0 Å². The summed E-state index contributed by atoms with van der Waals surface area (Å²) < 4.78 is 0. The second kappa shape index (κ2) is 3.50. The van der Waals surface area contributed by atoms with Crippen LogP contribution in [0.15, 0.2) is 5.38 Å². The number of rotatable bonds is 3. The Hall–Kier alpha value is -0.650. The van der Waals surface area contributed by atoms with Crippen LogP contribution in [0.4, 0.5) is 5.13 Å². The lowest BCUT2D eigenvalue weighted by Crippen LogP contribution is -2.06. The smallest absolute Gasteiger partial charge is 0.197 e. The van der Waals surface area contributed by atoms with Crippen LogP contribution in [0, 0.1) is 0 Å². The lowest BCUT2D eigenvalue weighted by atomic mass is 10.4. The average molecular weight is 159 g/mol. The minimum atomic E-state index is 0.133. The molecule has 0 aliphatic rings. The number of hydrogen-bond acceptors (Lipinski definition) is 5. The largest absolute Gasteiger partial charge is 0.396 e. The van der Waals surface area contributed by atoms with Crippen LogP contribution in [0.1, 0.15) is 5.69 Å². The van der Waals surface area contributed by atoms with Gasteiger partial charge in [-0.05, 0) is 0 Å². The van der Waals surface area contributed by atoms with Gasteiger partial charge in [-0.1, -0.05) is 0 Å². The number of hydrazine groups is 1. The molecule has 0 radical (unpaired) electrons. The van der Waals surface area contributed by atoms with Gasteiger partial charge in [-0.2, -0.15) is 0 Å². The predicted octanol–water partition coefficient (Wildman–Crippen LogP) is -0.0365. The Bertz CT molecular complexity index is 201. The Morgan fingerprint density at radius 2 is 2.60 bits per heavy atom. The van der Waals surface area contributed by atoms with Gasteiger partial charge >= 0.3 is 0 Å². The van der Waals surface area contributed by atoms with Crippen LogP contribution in [-0.2, 0) is 6.42 Å². The molecule has 0 atom stereocenters. The van der Waals surface area contributed by atoms with E-state index in [-0.39, 0.29) is 6.61 Å². The van der Waals surface area contributed by atoms with E-state index in [1.807, 2.05) is 5.38 Å². The molecule has 0 aliphatic heterocycles. The number of aromatic nitrogens is 1. The number of aliphatic hydroxyl groups excluding tert-OH is 1. The molecule has 0 aromatic carbocycles. The van der Waals surface area contributed by atoms with Crippen molar-refractivity contribution < 1.29 is 5.11 Å². The fraction of sp³-hybridized carbons (Fsp3) is 0.400. The molecule has 0 saturated carbocycles. The topological polar surface area (TPSA) is 71.2 Å². The third kappa shape index (κ3) is 1.66. The predicted molar refractivity (Wildman–Crippen MR) is 40.7 cm³/mol. The highest BCUT2D eigenvalue weighted by Crippen LogP contribution is 2.13. The van der Waals surface area contributed by atoms with Crippen molar-refractivity contribution in [3.05, 3.63) is 11.1 Å². The van der Waals surface area contributed by atoms with E-state index in [1.54, 1.807) is 0 Å². The minimum absolute atomic E-state index is 0.133. The van der Waals surface area contributed by atoms with E-state index in [2.05, 4.69) is 10.4 Å². The highest BCUT2D eigenvalue weighted by atomic mass is 32.1. The van der Waals surface area contributed by atoms with Crippen LogP contribution in [-0.4, -0.2) is 16.7 Å².